The molecule has 26 heavy (non-hydrogen) atoms. The number of rotatable bonds is 5. The van der Waals surface area contributed by atoms with Crippen LogP contribution >= 0.6 is 15.9 Å². The number of hydrogen-bond acceptors (Lipinski definition) is 4. The number of benzene rings is 1. The SMILES string of the molecule is CC(C)N(C)S(=O)(=O)c1ccc(Nc2cc(C(F)(F)F)ccn2)c(Br)c1. The van der Waals surface area contributed by atoms with Gasteiger partial charge in [0.15, 0.2) is 0 Å². The predicted molar refractivity (Wildman–Crippen MR) is 96.7 cm³/mol. The van der Waals surface area contributed by atoms with E-state index in [-0.39, 0.29) is 16.8 Å². The molecule has 5 nitrogen and oxygen atoms in total. The molecule has 0 aliphatic carbocycles. The molecule has 10 heteroatoms. The second-order valence-corrected chi connectivity index (χ2v) is 8.66. The van der Waals surface area contributed by atoms with Gasteiger partial charge in [-0.2, -0.15) is 17.5 Å². The van der Waals surface area contributed by atoms with E-state index in [2.05, 4.69) is 26.2 Å². The average Bonchev–Trinajstić information content (AvgIpc) is 2.55. The second-order valence-electron chi connectivity index (χ2n) is 5.81. The highest BCUT2D eigenvalue weighted by Gasteiger charge is 2.30. The Morgan fingerprint density at radius 3 is 2.38 bits per heavy atom. The van der Waals surface area contributed by atoms with Crippen molar-refractivity contribution in [3.05, 3.63) is 46.6 Å². The summed E-state index contributed by atoms with van der Waals surface area (Å²) in [5.74, 6) is -0.00423. The molecule has 1 N–H and O–H groups in total. The van der Waals surface area contributed by atoms with Crippen molar-refractivity contribution in [2.24, 2.45) is 0 Å². The van der Waals surface area contributed by atoms with Crippen LogP contribution in [0.5, 0.6) is 0 Å². The number of anilines is 2. The van der Waals surface area contributed by atoms with Gasteiger partial charge in [0, 0.05) is 23.8 Å². The zero-order valence-electron chi connectivity index (χ0n) is 14.2. The Morgan fingerprint density at radius 2 is 1.85 bits per heavy atom. The molecule has 2 aromatic rings. The van der Waals surface area contributed by atoms with Crippen LogP contribution in [0.3, 0.4) is 0 Å². The van der Waals surface area contributed by atoms with E-state index in [0.717, 1.165) is 18.3 Å². The number of sulfonamides is 1. The third-order valence-electron chi connectivity index (χ3n) is 3.69. The summed E-state index contributed by atoms with van der Waals surface area (Å²) >= 11 is 3.25. The van der Waals surface area contributed by atoms with Crippen LogP contribution in [0.15, 0.2) is 45.9 Å². The average molecular weight is 452 g/mol. The lowest BCUT2D eigenvalue weighted by molar-refractivity contribution is -0.137. The molecular formula is C16H17BrF3N3O2S. The number of alkyl halides is 3. The lowest BCUT2D eigenvalue weighted by Crippen LogP contribution is -2.33. The third-order valence-corrected chi connectivity index (χ3v) is 6.38. The number of halogens is 4. The zero-order chi connectivity index (χ0) is 19.7. The molecule has 142 valence electrons. The van der Waals surface area contributed by atoms with Gasteiger partial charge in [-0.05, 0) is 60.1 Å². The van der Waals surface area contributed by atoms with Crippen LogP contribution in [0.1, 0.15) is 19.4 Å². The molecule has 1 aromatic heterocycles. The van der Waals surface area contributed by atoms with Gasteiger partial charge >= 0.3 is 6.18 Å². The Balaban J connectivity index is 2.32. The van der Waals surface area contributed by atoms with Crippen LogP contribution in [-0.4, -0.2) is 30.8 Å². The van der Waals surface area contributed by atoms with Crippen LogP contribution < -0.4 is 5.32 Å². The van der Waals surface area contributed by atoms with Gasteiger partial charge in [-0.3, -0.25) is 0 Å². The number of nitrogens with zero attached hydrogens (tertiary/aromatic N) is 2. The lowest BCUT2D eigenvalue weighted by atomic mass is 10.2. The van der Waals surface area contributed by atoms with Crippen molar-refractivity contribution < 1.29 is 21.6 Å². The Labute approximate surface area is 158 Å². The maximum Gasteiger partial charge on any atom is 0.416 e. The molecule has 0 bridgehead atoms. The smallest absolute Gasteiger partial charge is 0.339 e. The molecule has 0 aliphatic heterocycles. The van der Waals surface area contributed by atoms with Crippen molar-refractivity contribution in [3.63, 3.8) is 0 Å². The third kappa shape index (κ3) is 4.54. The molecular weight excluding hydrogens is 435 g/mol. The highest BCUT2D eigenvalue weighted by molar-refractivity contribution is 9.10. The van der Waals surface area contributed by atoms with Crippen molar-refractivity contribution in [2.45, 2.75) is 31.0 Å². The van der Waals surface area contributed by atoms with E-state index < -0.39 is 21.8 Å². The minimum absolute atomic E-state index is 0.00423. The Morgan fingerprint density at radius 1 is 1.19 bits per heavy atom. The van der Waals surface area contributed by atoms with Crippen LogP contribution in [0.4, 0.5) is 24.7 Å². The lowest BCUT2D eigenvalue weighted by Gasteiger charge is -2.21. The summed E-state index contributed by atoms with van der Waals surface area (Å²) < 4.78 is 64.9. The first-order chi connectivity index (χ1) is 11.9. The first-order valence-electron chi connectivity index (χ1n) is 7.51. The molecule has 0 spiro atoms. The molecule has 2 rings (SSSR count). The standard InChI is InChI=1S/C16H17BrF3N3O2S/c1-10(2)23(3)26(24,25)12-4-5-14(13(17)9-12)22-15-8-11(6-7-21-15)16(18,19)20/h4-10H,1-3H3,(H,21,22). The Hall–Kier alpha value is -1.65. The molecule has 0 amide bonds. The summed E-state index contributed by atoms with van der Waals surface area (Å²) in [5, 5.41) is 2.75. The van der Waals surface area contributed by atoms with Gasteiger partial charge < -0.3 is 5.32 Å². The Bertz CT molecular complexity index is 902. The quantitative estimate of drug-likeness (QED) is 0.719. The monoisotopic (exact) mass is 451 g/mol. The van der Waals surface area contributed by atoms with Crippen LogP contribution in [-0.2, 0) is 16.2 Å². The fraction of sp³-hybridized carbons (Fsp3) is 0.312. The van der Waals surface area contributed by atoms with E-state index in [1.807, 2.05) is 0 Å². The maximum absolute atomic E-state index is 12.8. The minimum Gasteiger partial charge on any atom is -0.339 e. The van der Waals surface area contributed by atoms with Crippen molar-refractivity contribution in [1.82, 2.24) is 9.29 Å². The highest BCUT2D eigenvalue weighted by atomic mass is 79.9. The van der Waals surface area contributed by atoms with Gasteiger partial charge in [-0.1, -0.05) is 0 Å². The molecule has 0 saturated heterocycles. The predicted octanol–water partition coefficient (Wildman–Crippen LogP) is 4.64. The molecule has 0 atom stereocenters. The fourth-order valence-electron chi connectivity index (χ4n) is 2.01. The van der Waals surface area contributed by atoms with Gasteiger partial charge in [0.2, 0.25) is 10.0 Å². The minimum atomic E-state index is -4.48. The van der Waals surface area contributed by atoms with E-state index in [1.165, 1.54) is 29.6 Å². The van der Waals surface area contributed by atoms with Gasteiger partial charge in [0.1, 0.15) is 5.82 Å². The van der Waals surface area contributed by atoms with Crippen LogP contribution in [0.2, 0.25) is 0 Å². The van der Waals surface area contributed by atoms with Crippen LogP contribution in [0, 0.1) is 0 Å². The van der Waals surface area contributed by atoms with Gasteiger partial charge in [-0.15, -0.1) is 0 Å². The van der Waals surface area contributed by atoms with Crippen molar-refractivity contribution in [1.29, 1.82) is 0 Å². The summed E-state index contributed by atoms with van der Waals surface area (Å²) in [5.41, 5.74) is -0.438. The van der Waals surface area contributed by atoms with E-state index in [0.29, 0.717) is 10.2 Å². The molecule has 1 heterocycles. The van der Waals surface area contributed by atoms with Crippen LogP contribution in [0.25, 0.3) is 0 Å². The van der Waals surface area contributed by atoms with E-state index in [4.69, 9.17) is 0 Å². The molecule has 0 fully saturated rings. The van der Waals surface area contributed by atoms with E-state index in [1.54, 1.807) is 13.8 Å². The molecule has 0 radical (unpaired) electrons. The van der Waals surface area contributed by atoms with Gasteiger partial charge in [0.25, 0.3) is 0 Å². The van der Waals surface area contributed by atoms with Crippen molar-refractivity contribution in [3.8, 4) is 0 Å². The highest BCUT2D eigenvalue weighted by Crippen LogP contribution is 2.32. The fourth-order valence-corrected chi connectivity index (χ4v) is 4.04. The van der Waals surface area contributed by atoms with E-state index in [9.17, 15) is 21.6 Å². The molecule has 0 unspecified atom stereocenters. The molecule has 0 aliphatic rings. The summed E-state index contributed by atoms with van der Waals surface area (Å²) in [7, 11) is -2.19. The first-order valence-corrected chi connectivity index (χ1v) is 9.74. The van der Waals surface area contributed by atoms with Crippen molar-refractivity contribution in [2.75, 3.05) is 12.4 Å². The second kappa shape index (κ2) is 7.53. The Kier molecular flexibility index (Phi) is 5.99. The normalized spacial score (nSPS) is 12.7. The number of hydrogen-bond donors (Lipinski definition) is 1. The van der Waals surface area contributed by atoms with E-state index >= 15 is 0 Å². The number of aromatic nitrogens is 1. The topological polar surface area (TPSA) is 62.3 Å². The maximum atomic E-state index is 12.8. The zero-order valence-corrected chi connectivity index (χ0v) is 16.6. The molecule has 1 aromatic carbocycles. The summed E-state index contributed by atoms with van der Waals surface area (Å²) in [6, 6.07) is 5.78. The number of pyridine rings is 1. The summed E-state index contributed by atoms with van der Waals surface area (Å²) in [4.78, 5) is 3.93. The summed E-state index contributed by atoms with van der Waals surface area (Å²) in [6.07, 6.45) is -3.43. The first kappa shape index (κ1) is 20.7. The van der Waals surface area contributed by atoms with Gasteiger partial charge in [-0.25, -0.2) is 13.4 Å². The largest absolute Gasteiger partial charge is 0.416 e. The summed E-state index contributed by atoms with van der Waals surface area (Å²) in [6.45, 7) is 3.50. The molecule has 0 saturated carbocycles. The van der Waals surface area contributed by atoms with Gasteiger partial charge in [0.05, 0.1) is 16.1 Å². The van der Waals surface area contributed by atoms with Crippen molar-refractivity contribution >= 4 is 37.5 Å². The number of nitrogens with one attached hydrogen (secondary N) is 1.